The number of hydrogen-bond donors (Lipinski definition) is 1. The van der Waals surface area contributed by atoms with E-state index < -0.39 is 0 Å². The molecule has 0 aromatic carbocycles. The predicted octanol–water partition coefficient (Wildman–Crippen LogP) is 2.97. The summed E-state index contributed by atoms with van der Waals surface area (Å²) < 4.78 is 0. The number of likely N-dealkylation sites (tertiary alicyclic amines) is 1. The molecule has 1 aromatic rings. The SMILES string of the molecule is CN1CCCC(Nc2ccc(N3CCCCC3)nc2)CC1. The molecule has 116 valence electrons. The zero-order valence-corrected chi connectivity index (χ0v) is 13.2. The minimum absolute atomic E-state index is 0.595. The molecule has 2 saturated heterocycles. The second kappa shape index (κ2) is 7.12. The van der Waals surface area contributed by atoms with E-state index in [4.69, 9.17) is 0 Å². The Morgan fingerprint density at radius 1 is 1.00 bits per heavy atom. The van der Waals surface area contributed by atoms with Gasteiger partial charge < -0.3 is 15.1 Å². The molecule has 3 rings (SSSR count). The summed E-state index contributed by atoms with van der Waals surface area (Å²) in [5.41, 5.74) is 1.17. The van der Waals surface area contributed by atoms with Gasteiger partial charge in [-0.3, -0.25) is 0 Å². The van der Waals surface area contributed by atoms with E-state index in [-0.39, 0.29) is 0 Å². The van der Waals surface area contributed by atoms with Crippen molar-refractivity contribution in [2.75, 3.05) is 43.4 Å². The van der Waals surface area contributed by atoms with Gasteiger partial charge in [0.15, 0.2) is 0 Å². The first kappa shape index (κ1) is 14.6. The van der Waals surface area contributed by atoms with E-state index in [2.05, 4.69) is 39.3 Å². The van der Waals surface area contributed by atoms with Crippen LogP contribution in [0.25, 0.3) is 0 Å². The molecular weight excluding hydrogens is 260 g/mol. The van der Waals surface area contributed by atoms with Crippen molar-refractivity contribution in [3.8, 4) is 0 Å². The topological polar surface area (TPSA) is 31.4 Å². The van der Waals surface area contributed by atoms with Gasteiger partial charge in [0.2, 0.25) is 0 Å². The molecule has 3 heterocycles. The molecule has 2 fully saturated rings. The predicted molar refractivity (Wildman–Crippen MR) is 89.1 cm³/mol. The van der Waals surface area contributed by atoms with Crippen molar-refractivity contribution >= 4 is 11.5 Å². The van der Waals surface area contributed by atoms with Crippen molar-refractivity contribution in [3.63, 3.8) is 0 Å². The summed E-state index contributed by atoms with van der Waals surface area (Å²) in [6.45, 7) is 4.74. The fourth-order valence-corrected chi connectivity index (χ4v) is 3.40. The summed E-state index contributed by atoms with van der Waals surface area (Å²) in [5, 5.41) is 3.66. The van der Waals surface area contributed by atoms with Crippen LogP contribution in [0.5, 0.6) is 0 Å². The van der Waals surface area contributed by atoms with E-state index in [9.17, 15) is 0 Å². The highest BCUT2D eigenvalue weighted by molar-refractivity contribution is 5.49. The van der Waals surface area contributed by atoms with Crippen LogP contribution in [0.2, 0.25) is 0 Å². The first-order chi connectivity index (χ1) is 10.3. The number of nitrogens with one attached hydrogen (secondary N) is 1. The van der Waals surface area contributed by atoms with Gasteiger partial charge in [0.1, 0.15) is 5.82 Å². The second-order valence-electron chi connectivity index (χ2n) is 6.53. The van der Waals surface area contributed by atoms with E-state index in [1.807, 2.05) is 6.20 Å². The standard InChI is InChI=1S/C17H28N4/c1-20-10-5-6-15(9-13-20)19-16-7-8-17(18-14-16)21-11-3-2-4-12-21/h7-8,14-15,19H,2-6,9-13H2,1H3. The molecule has 1 N–H and O–H groups in total. The number of aromatic nitrogens is 1. The van der Waals surface area contributed by atoms with E-state index in [1.165, 1.54) is 57.3 Å². The highest BCUT2D eigenvalue weighted by Gasteiger charge is 2.15. The molecule has 1 unspecified atom stereocenters. The van der Waals surface area contributed by atoms with Crippen LogP contribution in [-0.4, -0.2) is 49.2 Å². The van der Waals surface area contributed by atoms with Crippen LogP contribution in [0.15, 0.2) is 18.3 Å². The lowest BCUT2D eigenvalue weighted by molar-refractivity contribution is 0.348. The van der Waals surface area contributed by atoms with Crippen molar-refractivity contribution in [1.29, 1.82) is 0 Å². The van der Waals surface area contributed by atoms with Crippen LogP contribution in [0.4, 0.5) is 11.5 Å². The monoisotopic (exact) mass is 288 g/mol. The smallest absolute Gasteiger partial charge is 0.128 e. The molecule has 4 nitrogen and oxygen atoms in total. The second-order valence-corrected chi connectivity index (χ2v) is 6.53. The van der Waals surface area contributed by atoms with E-state index in [1.54, 1.807) is 0 Å². The maximum absolute atomic E-state index is 4.66. The van der Waals surface area contributed by atoms with Crippen LogP contribution in [0.1, 0.15) is 38.5 Å². The zero-order valence-electron chi connectivity index (χ0n) is 13.2. The molecule has 2 aliphatic rings. The molecule has 1 atom stereocenters. The lowest BCUT2D eigenvalue weighted by Gasteiger charge is -2.28. The van der Waals surface area contributed by atoms with Gasteiger partial charge >= 0.3 is 0 Å². The number of hydrogen-bond acceptors (Lipinski definition) is 4. The lowest BCUT2D eigenvalue weighted by atomic mass is 10.1. The molecule has 0 radical (unpaired) electrons. The minimum atomic E-state index is 0.595. The van der Waals surface area contributed by atoms with Crippen LogP contribution in [0.3, 0.4) is 0 Å². The third-order valence-electron chi connectivity index (χ3n) is 4.75. The van der Waals surface area contributed by atoms with Gasteiger partial charge in [-0.15, -0.1) is 0 Å². The molecular formula is C17H28N4. The largest absolute Gasteiger partial charge is 0.381 e. The number of piperidine rings is 1. The Balaban J connectivity index is 1.56. The number of anilines is 2. The Kier molecular flexibility index (Phi) is 4.96. The van der Waals surface area contributed by atoms with Crippen molar-refractivity contribution in [1.82, 2.24) is 9.88 Å². The molecule has 21 heavy (non-hydrogen) atoms. The fraction of sp³-hybridized carbons (Fsp3) is 0.706. The number of nitrogens with zero attached hydrogens (tertiary/aromatic N) is 3. The van der Waals surface area contributed by atoms with Gasteiger partial charge in [-0.25, -0.2) is 4.98 Å². The summed E-state index contributed by atoms with van der Waals surface area (Å²) in [6, 6.07) is 4.97. The molecule has 4 heteroatoms. The zero-order chi connectivity index (χ0) is 14.5. The first-order valence-corrected chi connectivity index (χ1v) is 8.47. The van der Waals surface area contributed by atoms with Gasteiger partial charge in [-0.2, -0.15) is 0 Å². The molecule has 1 aromatic heterocycles. The highest BCUT2D eigenvalue weighted by Crippen LogP contribution is 2.20. The molecule has 0 aliphatic carbocycles. The van der Waals surface area contributed by atoms with Crippen molar-refractivity contribution in [2.24, 2.45) is 0 Å². The molecule has 0 spiro atoms. The van der Waals surface area contributed by atoms with Gasteiger partial charge in [0, 0.05) is 19.1 Å². The highest BCUT2D eigenvalue weighted by atomic mass is 15.2. The van der Waals surface area contributed by atoms with Crippen molar-refractivity contribution < 1.29 is 0 Å². The quantitative estimate of drug-likeness (QED) is 0.926. The maximum atomic E-state index is 4.66. The molecule has 0 bridgehead atoms. The summed E-state index contributed by atoms with van der Waals surface area (Å²) >= 11 is 0. The Hall–Kier alpha value is -1.29. The summed E-state index contributed by atoms with van der Waals surface area (Å²) in [7, 11) is 2.22. The van der Waals surface area contributed by atoms with Crippen molar-refractivity contribution in [3.05, 3.63) is 18.3 Å². The summed E-state index contributed by atoms with van der Waals surface area (Å²) in [6.07, 6.45) is 9.76. The fourth-order valence-electron chi connectivity index (χ4n) is 3.40. The maximum Gasteiger partial charge on any atom is 0.128 e. The Labute approximate surface area is 128 Å². The van der Waals surface area contributed by atoms with Gasteiger partial charge in [0.25, 0.3) is 0 Å². The van der Waals surface area contributed by atoms with Gasteiger partial charge in [-0.05, 0) is 70.8 Å². The Bertz CT molecular complexity index is 425. The lowest BCUT2D eigenvalue weighted by Crippen LogP contribution is -2.30. The Morgan fingerprint density at radius 3 is 2.62 bits per heavy atom. The van der Waals surface area contributed by atoms with E-state index in [0.717, 1.165) is 18.9 Å². The number of rotatable bonds is 3. The van der Waals surface area contributed by atoms with Gasteiger partial charge in [0.05, 0.1) is 11.9 Å². The molecule has 2 aliphatic heterocycles. The van der Waals surface area contributed by atoms with Gasteiger partial charge in [-0.1, -0.05) is 0 Å². The first-order valence-electron chi connectivity index (χ1n) is 8.47. The normalized spacial score (nSPS) is 24.6. The average Bonchev–Trinajstić information content (AvgIpc) is 2.74. The number of pyridine rings is 1. The van der Waals surface area contributed by atoms with Crippen LogP contribution in [0, 0.1) is 0 Å². The average molecular weight is 288 g/mol. The minimum Gasteiger partial charge on any atom is -0.381 e. The summed E-state index contributed by atoms with van der Waals surface area (Å²) in [4.78, 5) is 9.50. The summed E-state index contributed by atoms with van der Waals surface area (Å²) in [5.74, 6) is 1.14. The Morgan fingerprint density at radius 2 is 1.86 bits per heavy atom. The van der Waals surface area contributed by atoms with Crippen LogP contribution < -0.4 is 10.2 Å². The van der Waals surface area contributed by atoms with E-state index in [0.29, 0.717) is 6.04 Å². The van der Waals surface area contributed by atoms with E-state index >= 15 is 0 Å². The molecule has 0 amide bonds. The van der Waals surface area contributed by atoms with Crippen LogP contribution in [-0.2, 0) is 0 Å². The molecule has 0 saturated carbocycles. The third-order valence-corrected chi connectivity index (χ3v) is 4.75. The van der Waals surface area contributed by atoms with Crippen molar-refractivity contribution in [2.45, 2.75) is 44.6 Å². The third kappa shape index (κ3) is 4.10. The van der Waals surface area contributed by atoms with Crippen LogP contribution >= 0.6 is 0 Å².